The molecule has 52 heavy (non-hydrogen) atoms. The maximum absolute atomic E-state index is 5.47. The minimum atomic E-state index is 0.492. The molecule has 0 aromatic carbocycles. The van der Waals surface area contributed by atoms with Crippen molar-refractivity contribution in [2.75, 3.05) is 0 Å². The predicted octanol–water partition coefficient (Wildman–Crippen LogP) is 9.37. The normalized spacial score (nSPS) is 27.8. The van der Waals surface area contributed by atoms with Crippen LogP contribution in [0.1, 0.15) is 193 Å². The zero-order valence-corrected chi connectivity index (χ0v) is 32.1. The van der Waals surface area contributed by atoms with Crippen LogP contribution in [-0.2, 0) is 0 Å². The van der Waals surface area contributed by atoms with Gasteiger partial charge in [0, 0.05) is 36.3 Å². The molecule has 284 valence electrons. The molecule has 0 aromatic heterocycles. The summed E-state index contributed by atoms with van der Waals surface area (Å²) in [5.41, 5.74) is 0. The maximum atomic E-state index is 5.47. The van der Waals surface area contributed by atoms with Gasteiger partial charge in [0.2, 0.25) is 35.8 Å². The lowest BCUT2D eigenvalue weighted by Gasteiger charge is -2.46. The molecule has 0 radical (unpaired) electrons. The van der Waals surface area contributed by atoms with Crippen LogP contribution in [0.15, 0.2) is 30.0 Å². The van der Waals surface area contributed by atoms with E-state index in [1.807, 2.05) is 4.90 Å². The Morgan fingerprint density at radius 2 is 0.462 bits per heavy atom. The molecule has 6 fully saturated rings. The number of guanidine groups is 6. The lowest BCUT2D eigenvalue weighted by molar-refractivity contribution is 0.154. The first kappa shape index (κ1) is 35.0. The lowest BCUT2D eigenvalue weighted by Crippen LogP contribution is -2.57. The molecular formula is C42H66N10. The van der Waals surface area contributed by atoms with Crippen molar-refractivity contribution >= 4 is 35.8 Å². The topological polar surface area (TPSA) is 87.1 Å². The van der Waals surface area contributed by atoms with Gasteiger partial charge in [0.1, 0.15) is 0 Å². The van der Waals surface area contributed by atoms with E-state index in [1.165, 1.54) is 193 Å². The molecule has 0 saturated heterocycles. The molecule has 0 atom stereocenters. The van der Waals surface area contributed by atoms with Crippen LogP contribution < -0.4 is 0 Å². The Hall–Kier alpha value is -2.78. The summed E-state index contributed by atoms with van der Waals surface area (Å²) in [6.45, 7) is 0. The highest BCUT2D eigenvalue weighted by Gasteiger charge is 2.43. The van der Waals surface area contributed by atoms with E-state index >= 15 is 0 Å². The van der Waals surface area contributed by atoms with Crippen LogP contribution in [0.3, 0.4) is 0 Å². The van der Waals surface area contributed by atoms with Crippen LogP contribution in [-0.4, -0.2) is 91.6 Å². The Morgan fingerprint density at radius 1 is 0.269 bits per heavy atom. The summed E-state index contributed by atoms with van der Waals surface area (Å²) in [4.78, 5) is 42.9. The molecule has 0 aromatic rings. The smallest absolute Gasteiger partial charge is 0.246 e. The van der Waals surface area contributed by atoms with E-state index in [0.717, 1.165) is 17.9 Å². The van der Waals surface area contributed by atoms with E-state index in [9.17, 15) is 0 Å². The molecule has 0 unspecified atom stereocenters. The van der Waals surface area contributed by atoms with Crippen LogP contribution in [0.5, 0.6) is 0 Å². The Kier molecular flexibility index (Phi) is 11.0. The molecule has 6 saturated carbocycles. The molecule has 10 heteroatoms. The molecule has 9 aliphatic rings. The first-order chi connectivity index (χ1) is 25.8. The molecule has 10 nitrogen and oxygen atoms in total. The fourth-order valence-corrected chi connectivity index (χ4v) is 11.6. The first-order valence-corrected chi connectivity index (χ1v) is 22.5. The summed E-state index contributed by atoms with van der Waals surface area (Å²) in [6, 6.07) is 2.95. The number of aliphatic imine (C=N–C) groups is 6. The van der Waals surface area contributed by atoms with E-state index < -0.39 is 0 Å². The molecule has 3 heterocycles. The van der Waals surface area contributed by atoms with Crippen molar-refractivity contribution in [2.24, 2.45) is 30.0 Å². The molecule has 3 aliphatic heterocycles. The van der Waals surface area contributed by atoms with E-state index in [2.05, 4.69) is 14.7 Å². The van der Waals surface area contributed by atoms with Crippen molar-refractivity contribution in [2.45, 2.75) is 229 Å². The highest BCUT2D eigenvalue weighted by molar-refractivity contribution is 6.30. The second-order valence-corrected chi connectivity index (χ2v) is 17.8. The minimum Gasteiger partial charge on any atom is -0.335 e. The van der Waals surface area contributed by atoms with Gasteiger partial charge in [-0.2, -0.15) is 30.0 Å². The van der Waals surface area contributed by atoms with Crippen LogP contribution in [0.4, 0.5) is 0 Å². The van der Waals surface area contributed by atoms with Crippen molar-refractivity contribution in [1.29, 1.82) is 0 Å². The monoisotopic (exact) mass is 711 g/mol. The highest BCUT2D eigenvalue weighted by Crippen LogP contribution is 2.36. The number of nitrogens with zero attached hydrogens (tertiary/aromatic N) is 10. The number of hydrogen-bond acceptors (Lipinski definition) is 10. The van der Waals surface area contributed by atoms with Crippen molar-refractivity contribution in [3.8, 4) is 0 Å². The minimum absolute atomic E-state index is 0.492. The quantitative estimate of drug-likeness (QED) is 0.275. The summed E-state index contributed by atoms with van der Waals surface area (Å²) in [5.74, 6) is 4.67. The SMILES string of the molecule is C1CCC(N(C2=NC3=NC(N(C4CCCCC4)C4CCCCC4)=NC4=NC(N(C5CCCCC5)C5CCCCC5)=NC(=N2)N34)C2CCCCC2)CC1. The van der Waals surface area contributed by atoms with Crippen molar-refractivity contribution in [1.82, 2.24) is 19.6 Å². The summed E-state index contributed by atoms with van der Waals surface area (Å²) in [5, 5.41) is 0. The van der Waals surface area contributed by atoms with Gasteiger partial charge in [-0.05, 0) is 77.0 Å². The van der Waals surface area contributed by atoms with Crippen LogP contribution >= 0.6 is 0 Å². The van der Waals surface area contributed by atoms with Gasteiger partial charge in [-0.1, -0.05) is 116 Å². The van der Waals surface area contributed by atoms with Gasteiger partial charge in [-0.3, -0.25) is 0 Å². The second kappa shape index (κ2) is 16.3. The summed E-state index contributed by atoms with van der Waals surface area (Å²) < 4.78 is 0. The fraction of sp³-hybridized carbons (Fsp3) is 0.857. The standard InChI is InChI=1S/C42H66N10/c1-7-19-31(20-8-1)49(32-21-9-2-10-22-32)37-43-40-45-38(50(33-23-11-3-12-24-33)34-25-13-4-14-26-34)47-42-48-39(46-41(44-37)52(40)42)51(35-27-15-5-16-28-35)36-29-17-6-18-30-36/h31-36H,1-30H2. The van der Waals surface area contributed by atoms with Gasteiger partial charge < -0.3 is 14.7 Å². The second-order valence-electron chi connectivity index (χ2n) is 17.8. The van der Waals surface area contributed by atoms with E-state index in [4.69, 9.17) is 30.0 Å². The third-order valence-electron chi connectivity index (χ3n) is 14.3. The Balaban J connectivity index is 1.17. The van der Waals surface area contributed by atoms with Crippen LogP contribution in [0.2, 0.25) is 0 Å². The summed E-state index contributed by atoms with van der Waals surface area (Å²) >= 11 is 0. The largest absolute Gasteiger partial charge is 0.335 e. The lowest BCUT2D eigenvalue weighted by atomic mass is 9.89. The summed E-state index contributed by atoms with van der Waals surface area (Å²) in [7, 11) is 0. The Bertz CT molecular complexity index is 1200. The third kappa shape index (κ3) is 7.34. The molecule has 0 N–H and O–H groups in total. The molecular weight excluding hydrogens is 645 g/mol. The highest BCUT2D eigenvalue weighted by atomic mass is 15.6. The summed E-state index contributed by atoms with van der Waals surface area (Å²) in [6.07, 6.45) is 38.5. The zero-order chi connectivity index (χ0) is 34.7. The van der Waals surface area contributed by atoms with Gasteiger partial charge in [0.25, 0.3) is 0 Å². The van der Waals surface area contributed by atoms with Gasteiger partial charge in [-0.15, -0.1) is 0 Å². The Morgan fingerprint density at radius 3 is 0.654 bits per heavy atom. The predicted molar refractivity (Wildman–Crippen MR) is 213 cm³/mol. The first-order valence-electron chi connectivity index (χ1n) is 22.5. The number of hydrogen-bond donors (Lipinski definition) is 0. The molecule has 0 spiro atoms. The van der Waals surface area contributed by atoms with Crippen LogP contribution in [0, 0.1) is 0 Å². The maximum Gasteiger partial charge on any atom is 0.246 e. The molecule has 0 bridgehead atoms. The van der Waals surface area contributed by atoms with E-state index in [-0.39, 0.29) is 0 Å². The van der Waals surface area contributed by atoms with Gasteiger partial charge in [0.15, 0.2) is 0 Å². The van der Waals surface area contributed by atoms with Crippen molar-refractivity contribution in [3.63, 3.8) is 0 Å². The Labute approximate surface area is 313 Å². The van der Waals surface area contributed by atoms with Crippen LogP contribution in [0.25, 0.3) is 0 Å². The van der Waals surface area contributed by atoms with Gasteiger partial charge in [-0.25, -0.2) is 4.90 Å². The molecule has 6 aliphatic carbocycles. The molecule has 0 amide bonds. The average molecular weight is 711 g/mol. The zero-order valence-electron chi connectivity index (χ0n) is 32.1. The van der Waals surface area contributed by atoms with E-state index in [1.54, 1.807) is 0 Å². The average Bonchev–Trinajstić information content (AvgIpc) is 3.21. The van der Waals surface area contributed by atoms with Crippen molar-refractivity contribution in [3.05, 3.63) is 0 Å². The van der Waals surface area contributed by atoms with Gasteiger partial charge >= 0.3 is 0 Å². The van der Waals surface area contributed by atoms with E-state index in [0.29, 0.717) is 54.1 Å². The van der Waals surface area contributed by atoms with Gasteiger partial charge in [0.05, 0.1) is 0 Å². The fourth-order valence-electron chi connectivity index (χ4n) is 11.6. The third-order valence-corrected chi connectivity index (χ3v) is 14.3. The van der Waals surface area contributed by atoms with Crippen molar-refractivity contribution < 1.29 is 0 Å². The molecule has 9 rings (SSSR count). The number of rotatable bonds is 6.